The largest absolute Gasteiger partial charge is 0.480 e. The molecule has 9 nitrogen and oxygen atoms in total. The summed E-state index contributed by atoms with van der Waals surface area (Å²) in [7, 11) is 0. The van der Waals surface area contributed by atoms with Gasteiger partial charge in [0.05, 0.1) is 0 Å². The van der Waals surface area contributed by atoms with E-state index in [1.54, 1.807) is 0 Å². The highest BCUT2D eigenvalue weighted by Gasteiger charge is 2.17. The minimum Gasteiger partial charge on any atom is -0.480 e. The second-order valence-corrected chi connectivity index (χ2v) is 4.68. The Morgan fingerprint density at radius 2 is 1.76 bits per heavy atom. The van der Waals surface area contributed by atoms with Crippen molar-refractivity contribution in [3.8, 4) is 0 Å². The molecule has 3 atom stereocenters. The lowest BCUT2D eigenvalue weighted by Crippen LogP contribution is -2.36. The quantitative estimate of drug-likeness (QED) is 0.170. The fraction of sp³-hybridized carbons (Fsp3) is 0.750. The summed E-state index contributed by atoms with van der Waals surface area (Å²) in [5.41, 5.74) is 15.5. The van der Waals surface area contributed by atoms with Gasteiger partial charge >= 0.3 is 11.9 Å². The van der Waals surface area contributed by atoms with Crippen LogP contribution in [0.5, 0.6) is 0 Å². The lowest BCUT2D eigenvalue weighted by Gasteiger charge is -2.11. The zero-order valence-electron chi connectivity index (χ0n) is 12.5. The third-order valence-corrected chi connectivity index (χ3v) is 2.87. The van der Waals surface area contributed by atoms with Crippen LogP contribution in [0.15, 0.2) is 0 Å². The summed E-state index contributed by atoms with van der Waals surface area (Å²) >= 11 is 0. The number of guanidine groups is 1. The van der Waals surface area contributed by atoms with Gasteiger partial charge in [0, 0.05) is 6.54 Å². The van der Waals surface area contributed by atoms with Crippen LogP contribution in [0.4, 0.5) is 0 Å². The van der Waals surface area contributed by atoms with Gasteiger partial charge < -0.3 is 32.7 Å². The molecule has 0 aromatic rings. The van der Waals surface area contributed by atoms with Crippen LogP contribution < -0.4 is 22.5 Å². The lowest BCUT2D eigenvalue weighted by molar-refractivity contribution is -0.140. The van der Waals surface area contributed by atoms with E-state index < -0.39 is 24.0 Å². The number of carbonyl (C=O) groups is 2. The standard InChI is InChI=1S/C6H14N4O2.C6H13NO2/c7-4(5(11)12)2-1-3-10-6(8)9;1-3-4(2)5(7)6(8)9/h4H,1-3,7H2,(H,11,12)(H4,8,9,10);4-5H,3,7H2,1-2H3,(H,8,9)/t4-;4?,5-/m11/s1. The van der Waals surface area contributed by atoms with Crippen LogP contribution in [-0.4, -0.2) is 46.7 Å². The zero-order valence-corrected chi connectivity index (χ0v) is 12.5. The number of carboxylic acid groups (broad SMARTS) is 2. The third-order valence-electron chi connectivity index (χ3n) is 2.87. The molecule has 0 rings (SSSR count). The van der Waals surface area contributed by atoms with Gasteiger partial charge in [-0.2, -0.15) is 0 Å². The third kappa shape index (κ3) is 12.9. The maximum atomic E-state index is 10.2. The molecule has 124 valence electrons. The van der Waals surface area contributed by atoms with Crippen LogP contribution in [0.3, 0.4) is 0 Å². The molecule has 0 aromatic carbocycles. The van der Waals surface area contributed by atoms with E-state index in [0.717, 1.165) is 6.42 Å². The van der Waals surface area contributed by atoms with Gasteiger partial charge in [-0.3, -0.25) is 15.0 Å². The molecule has 0 fully saturated rings. The number of aliphatic carboxylic acids is 2. The number of hydrogen-bond donors (Lipinski definition) is 7. The van der Waals surface area contributed by atoms with E-state index in [9.17, 15) is 9.59 Å². The van der Waals surface area contributed by atoms with E-state index in [1.165, 1.54) is 0 Å². The van der Waals surface area contributed by atoms with Crippen LogP contribution in [0.1, 0.15) is 33.1 Å². The maximum absolute atomic E-state index is 10.2. The van der Waals surface area contributed by atoms with E-state index in [0.29, 0.717) is 19.4 Å². The molecular weight excluding hydrogens is 278 g/mol. The Morgan fingerprint density at radius 1 is 1.24 bits per heavy atom. The Kier molecular flexibility index (Phi) is 12.2. The molecule has 0 spiro atoms. The van der Waals surface area contributed by atoms with E-state index in [1.807, 2.05) is 13.8 Å². The Morgan fingerprint density at radius 3 is 2.05 bits per heavy atom. The molecule has 0 saturated heterocycles. The van der Waals surface area contributed by atoms with Crippen molar-refractivity contribution in [2.24, 2.45) is 23.1 Å². The van der Waals surface area contributed by atoms with Gasteiger partial charge in [0.2, 0.25) is 0 Å². The fourth-order valence-electron chi connectivity index (χ4n) is 1.17. The fourth-order valence-corrected chi connectivity index (χ4v) is 1.17. The second kappa shape index (κ2) is 11.9. The summed E-state index contributed by atoms with van der Waals surface area (Å²) in [5.74, 6) is -1.96. The first-order valence-corrected chi connectivity index (χ1v) is 6.68. The SMILES string of the molecule is CCC(C)[C@@H](N)C(=O)O.N=C(N)NCCC[C@@H](N)C(=O)O. The van der Waals surface area contributed by atoms with Gasteiger partial charge in [-0.15, -0.1) is 0 Å². The Balaban J connectivity index is 0. The molecule has 0 amide bonds. The van der Waals surface area contributed by atoms with E-state index in [4.69, 9.17) is 32.8 Å². The van der Waals surface area contributed by atoms with Gasteiger partial charge in [-0.25, -0.2) is 0 Å². The number of rotatable bonds is 8. The average Bonchev–Trinajstić information content (AvgIpc) is 2.41. The molecule has 21 heavy (non-hydrogen) atoms. The number of carboxylic acids is 2. The topological polar surface area (TPSA) is 189 Å². The second-order valence-electron chi connectivity index (χ2n) is 4.68. The van der Waals surface area contributed by atoms with Crippen molar-refractivity contribution in [2.75, 3.05) is 6.54 Å². The summed E-state index contributed by atoms with van der Waals surface area (Å²) < 4.78 is 0. The van der Waals surface area contributed by atoms with Gasteiger partial charge in [-0.1, -0.05) is 20.3 Å². The first kappa shape index (κ1) is 21.4. The van der Waals surface area contributed by atoms with Crippen LogP contribution in [0, 0.1) is 11.3 Å². The predicted molar refractivity (Wildman–Crippen MR) is 79.8 cm³/mol. The molecule has 0 aromatic heterocycles. The molecule has 0 radical (unpaired) electrons. The van der Waals surface area contributed by atoms with Crippen molar-refractivity contribution in [2.45, 2.75) is 45.2 Å². The van der Waals surface area contributed by atoms with Gasteiger partial charge in [0.25, 0.3) is 0 Å². The average molecular weight is 305 g/mol. The Hall–Kier alpha value is -1.87. The molecule has 0 aliphatic heterocycles. The van der Waals surface area contributed by atoms with Crippen molar-refractivity contribution in [3.05, 3.63) is 0 Å². The molecule has 0 bridgehead atoms. The van der Waals surface area contributed by atoms with E-state index in [-0.39, 0.29) is 11.9 Å². The summed E-state index contributed by atoms with van der Waals surface area (Å²) in [6, 6.07) is -1.52. The summed E-state index contributed by atoms with van der Waals surface area (Å²) in [6.45, 7) is 4.24. The van der Waals surface area contributed by atoms with Crippen LogP contribution in [0.25, 0.3) is 0 Å². The smallest absolute Gasteiger partial charge is 0.320 e. The van der Waals surface area contributed by atoms with Crippen molar-refractivity contribution in [3.63, 3.8) is 0 Å². The number of nitrogens with two attached hydrogens (primary N) is 3. The summed E-state index contributed by atoms with van der Waals surface area (Å²) in [4.78, 5) is 20.4. The van der Waals surface area contributed by atoms with Crippen LogP contribution >= 0.6 is 0 Å². The number of hydrogen-bond acceptors (Lipinski definition) is 5. The Bertz CT molecular complexity index is 338. The maximum Gasteiger partial charge on any atom is 0.320 e. The summed E-state index contributed by atoms with van der Waals surface area (Å²) in [5, 5.41) is 26.1. The Labute approximate surface area is 124 Å². The predicted octanol–water partition coefficient (Wildman–Crippen LogP) is -0.894. The van der Waals surface area contributed by atoms with Crippen LogP contribution in [-0.2, 0) is 9.59 Å². The van der Waals surface area contributed by atoms with Gasteiger partial charge in [-0.05, 0) is 18.8 Å². The normalized spacial score (nSPS) is 14.1. The van der Waals surface area contributed by atoms with Gasteiger partial charge in [0.15, 0.2) is 5.96 Å². The molecular formula is C12H27N5O4. The molecule has 0 aliphatic rings. The highest BCUT2D eigenvalue weighted by Crippen LogP contribution is 2.04. The molecule has 0 saturated carbocycles. The summed E-state index contributed by atoms with van der Waals surface area (Å²) in [6.07, 6.45) is 1.79. The monoisotopic (exact) mass is 305 g/mol. The minimum absolute atomic E-state index is 0.0718. The van der Waals surface area contributed by atoms with Crippen molar-refractivity contribution >= 4 is 17.9 Å². The lowest BCUT2D eigenvalue weighted by atomic mass is 10.0. The van der Waals surface area contributed by atoms with Crippen molar-refractivity contribution in [1.29, 1.82) is 5.41 Å². The van der Waals surface area contributed by atoms with E-state index in [2.05, 4.69) is 5.32 Å². The zero-order chi connectivity index (χ0) is 17.0. The first-order valence-electron chi connectivity index (χ1n) is 6.68. The van der Waals surface area contributed by atoms with Crippen LogP contribution in [0.2, 0.25) is 0 Å². The molecule has 0 heterocycles. The van der Waals surface area contributed by atoms with E-state index >= 15 is 0 Å². The van der Waals surface area contributed by atoms with Crippen molar-refractivity contribution in [1.82, 2.24) is 5.32 Å². The number of nitrogens with one attached hydrogen (secondary N) is 2. The highest BCUT2D eigenvalue weighted by atomic mass is 16.4. The molecule has 1 unspecified atom stereocenters. The first-order chi connectivity index (χ1) is 9.63. The van der Waals surface area contributed by atoms with Crippen molar-refractivity contribution < 1.29 is 19.8 Å². The van der Waals surface area contributed by atoms with Gasteiger partial charge in [0.1, 0.15) is 12.1 Å². The molecule has 10 N–H and O–H groups in total. The highest BCUT2D eigenvalue weighted by molar-refractivity contribution is 5.74. The minimum atomic E-state index is -1.00. The molecule has 0 aliphatic carbocycles. The molecule has 9 heteroatoms.